The summed E-state index contributed by atoms with van der Waals surface area (Å²) in [6, 6.07) is 11.1. The minimum absolute atomic E-state index is 0.248. The first-order chi connectivity index (χ1) is 15.8. The van der Waals surface area contributed by atoms with Crippen molar-refractivity contribution in [3.05, 3.63) is 58.1 Å². The van der Waals surface area contributed by atoms with Crippen LogP contribution in [0, 0.1) is 13.8 Å². The van der Waals surface area contributed by atoms with E-state index in [0.29, 0.717) is 23.1 Å². The number of rotatable bonds is 7. The lowest BCUT2D eigenvalue weighted by molar-refractivity contribution is -0.124. The minimum atomic E-state index is -0.708. The molecule has 2 aromatic carbocycles. The summed E-state index contributed by atoms with van der Waals surface area (Å²) in [5.41, 5.74) is 9.02. The lowest BCUT2D eigenvalue weighted by Gasteiger charge is -2.38. The number of aryl methyl sites for hydroxylation is 2. The molecular weight excluding hydrogens is 442 g/mol. The fourth-order valence-electron chi connectivity index (χ4n) is 4.79. The van der Waals surface area contributed by atoms with Gasteiger partial charge in [-0.1, -0.05) is 29.8 Å². The van der Waals surface area contributed by atoms with E-state index in [0.717, 1.165) is 42.6 Å². The van der Waals surface area contributed by atoms with E-state index in [1.165, 1.54) is 0 Å². The Morgan fingerprint density at radius 3 is 2.58 bits per heavy atom. The smallest absolute Gasteiger partial charge is 0.239 e. The third kappa shape index (κ3) is 5.44. The van der Waals surface area contributed by atoms with Crippen LogP contribution in [0.3, 0.4) is 0 Å². The fraction of sp³-hybridized carbons (Fsp3) is 0.480. The van der Waals surface area contributed by atoms with E-state index in [1.807, 2.05) is 32.0 Å². The second-order valence-corrected chi connectivity index (χ2v) is 9.39. The average Bonchev–Trinajstić information content (AvgIpc) is 2.80. The highest BCUT2D eigenvalue weighted by Crippen LogP contribution is 2.34. The summed E-state index contributed by atoms with van der Waals surface area (Å²) in [4.78, 5) is 14.6. The molecule has 4 N–H and O–H groups in total. The maximum absolute atomic E-state index is 12.4. The standard InChI is InChI=1S/C25H32ClN3O4/c1-15-4-3-5-16(2)23(15)24(25(27)31)29-10-8-18(9-11-29)28-13-19(30)22-14-32-21-12-17(26)6-7-20(21)33-22/h3-7,12,18-19,22,24,28,30H,8-11,13-14H2,1-2H3,(H2,27,31). The molecule has 2 aliphatic heterocycles. The number of hydrogen-bond donors (Lipinski definition) is 3. The zero-order valence-corrected chi connectivity index (χ0v) is 19.8. The molecule has 33 heavy (non-hydrogen) atoms. The normalized spacial score (nSPS) is 20.9. The number of halogens is 1. The van der Waals surface area contributed by atoms with E-state index in [1.54, 1.807) is 18.2 Å². The van der Waals surface area contributed by atoms with Crippen molar-refractivity contribution in [2.24, 2.45) is 5.73 Å². The van der Waals surface area contributed by atoms with Crippen LogP contribution in [0.2, 0.25) is 5.02 Å². The van der Waals surface area contributed by atoms with Gasteiger partial charge in [-0.05, 0) is 55.5 Å². The molecule has 0 saturated carbocycles. The van der Waals surface area contributed by atoms with Gasteiger partial charge in [-0.15, -0.1) is 0 Å². The van der Waals surface area contributed by atoms with E-state index in [9.17, 15) is 9.90 Å². The van der Waals surface area contributed by atoms with E-state index >= 15 is 0 Å². The van der Waals surface area contributed by atoms with Crippen molar-refractivity contribution < 1.29 is 19.4 Å². The van der Waals surface area contributed by atoms with Gasteiger partial charge in [-0.25, -0.2) is 0 Å². The first-order valence-corrected chi connectivity index (χ1v) is 11.8. The molecule has 3 unspecified atom stereocenters. The van der Waals surface area contributed by atoms with Crippen molar-refractivity contribution in [1.82, 2.24) is 10.2 Å². The highest BCUT2D eigenvalue weighted by Gasteiger charge is 2.33. The number of amides is 1. The molecule has 2 heterocycles. The monoisotopic (exact) mass is 473 g/mol. The van der Waals surface area contributed by atoms with Crippen molar-refractivity contribution in [3.8, 4) is 11.5 Å². The Morgan fingerprint density at radius 1 is 1.21 bits per heavy atom. The number of ether oxygens (including phenoxy) is 2. The van der Waals surface area contributed by atoms with Gasteiger partial charge in [-0.3, -0.25) is 9.69 Å². The average molecular weight is 474 g/mol. The third-order valence-electron chi connectivity index (χ3n) is 6.61. The molecule has 1 saturated heterocycles. The van der Waals surface area contributed by atoms with Crippen LogP contribution in [-0.2, 0) is 4.79 Å². The minimum Gasteiger partial charge on any atom is -0.486 e. The maximum Gasteiger partial charge on any atom is 0.239 e. The zero-order chi connectivity index (χ0) is 23.5. The van der Waals surface area contributed by atoms with Crippen LogP contribution >= 0.6 is 11.6 Å². The number of likely N-dealkylation sites (tertiary alicyclic amines) is 1. The number of benzene rings is 2. The van der Waals surface area contributed by atoms with Gasteiger partial charge in [0.05, 0.1) is 0 Å². The molecule has 0 aliphatic carbocycles. The Balaban J connectivity index is 1.29. The van der Waals surface area contributed by atoms with Crippen LogP contribution in [0.1, 0.15) is 35.6 Å². The Bertz CT molecular complexity index is 973. The molecule has 1 fully saturated rings. The number of primary amides is 1. The summed E-state index contributed by atoms with van der Waals surface area (Å²) in [5, 5.41) is 14.7. The Morgan fingerprint density at radius 2 is 1.91 bits per heavy atom. The number of piperidine rings is 1. The molecular formula is C25H32ClN3O4. The number of aliphatic hydroxyl groups is 1. The summed E-state index contributed by atoms with van der Waals surface area (Å²) in [5.74, 6) is 0.872. The summed E-state index contributed by atoms with van der Waals surface area (Å²) < 4.78 is 11.6. The molecule has 1 amide bonds. The summed E-state index contributed by atoms with van der Waals surface area (Å²) >= 11 is 5.98. The van der Waals surface area contributed by atoms with Gasteiger partial charge in [0, 0.05) is 36.8 Å². The molecule has 4 rings (SSSR count). The molecule has 3 atom stereocenters. The van der Waals surface area contributed by atoms with Gasteiger partial charge in [0.15, 0.2) is 17.6 Å². The van der Waals surface area contributed by atoms with Crippen LogP contribution in [-0.4, -0.2) is 60.4 Å². The van der Waals surface area contributed by atoms with Crippen molar-refractivity contribution in [2.75, 3.05) is 26.2 Å². The van der Waals surface area contributed by atoms with Crippen molar-refractivity contribution >= 4 is 17.5 Å². The molecule has 2 aromatic rings. The second-order valence-electron chi connectivity index (χ2n) is 8.95. The van der Waals surface area contributed by atoms with Crippen LogP contribution in [0.15, 0.2) is 36.4 Å². The number of aliphatic hydroxyl groups excluding tert-OH is 1. The highest BCUT2D eigenvalue weighted by atomic mass is 35.5. The molecule has 178 valence electrons. The predicted molar refractivity (Wildman–Crippen MR) is 128 cm³/mol. The van der Waals surface area contributed by atoms with E-state index < -0.39 is 18.2 Å². The number of carbonyl (C=O) groups excluding carboxylic acids is 1. The molecule has 8 heteroatoms. The first-order valence-electron chi connectivity index (χ1n) is 11.4. The fourth-order valence-corrected chi connectivity index (χ4v) is 4.96. The van der Waals surface area contributed by atoms with Crippen molar-refractivity contribution in [3.63, 3.8) is 0 Å². The number of nitrogens with zero attached hydrogens (tertiary/aromatic N) is 1. The number of nitrogens with two attached hydrogens (primary N) is 1. The van der Waals surface area contributed by atoms with E-state index in [2.05, 4.69) is 10.2 Å². The molecule has 0 aromatic heterocycles. The van der Waals surface area contributed by atoms with Crippen LogP contribution in [0.4, 0.5) is 0 Å². The first kappa shape index (κ1) is 23.8. The van der Waals surface area contributed by atoms with Crippen molar-refractivity contribution in [1.29, 1.82) is 0 Å². The summed E-state index contributed by atoms with van der Waals surface area (Å²) in [6.45, 7) is 6.23. The molecule has 2 aliphatic rings. The molecule has 0 bridgehead atoms. The van der Waals surface area contributed by atoms with Gasteiger partial charge in [0.1, 0.15) is 18.8 Å². The number of carbonyl (C=O) groups is 1. The quantitative estimate of drug-likeness (QED) is 0.572. The van der Waals surface area contributed by atoms with Crippen LogP contribution < -0.4 is 20.5 Å². The van der Waals surface area contributed by atoms with Gasteiger partial charge in [0.2, 0.25) is 5.91 Å². The highest BCUT2D eigenvalue weighted by molar-refractivity contribution is 6.30. The number of fused-ring (bicyclic) bond motifs is 1. The Labute approximate surface area is 199 Å². The lowest BCUT2D eigenvalue weighted by atomic mass is 9.92. The lowest BCUT2D eigenvalue weighted by Crippen LogP contribution is -2.50. The van der Waals surface area contributed by atoms with Crippen molar-refractivity contribution in [2.45, 2.75) is 51.0 Å². The third-order valence-corrected chi connectivity index (χ3v) is 6.85. The van der Waals surface area contributed by atoms with Gasteiger partial charge in [0.25, 0.3) is 0 Å². The van der Waals surface area contributed by atoms with Gasteiger partial charge < -0.3 is 25.6 Å². The second kappa shape index (κ2) is 10.3. The van der Waals surface area contributed by atoms with Gasteiger partial charge in [-0.2, -0.15) is 0 Å². The topological polar surface area (TPSA) is 97.1 Å². The molecule has 0 spiro atoms. The molecule has 0 radical (unpaired) electrons. The van der Waals surface area contributed by atoms with Crippen LogP contribution in [0.5, 0.6) is 11.5 Å². The predicted octanol–water partition coefficient (Wildman–Crippen LogP) is 2.74. The van der Waals surface area contributed by atoms with Gasteiger partial charge >= 0.3 is 0 Å². The molecule has 7 nitrogen and oxygen atoms in total. The number of hydrogen-bond acceptors (Lipinski definition) is 6. The summed E-state index contributed by atoms with van der Waals surface area (Å²) in [6.07, 6.45) is 0.574. The Hall–Kier alpha value is -2.32. The number of nitrogens with one attached hydrogen (secondary N) is 1. The largest absolute Gasteiger partial charge is 0.486 e. The zero-order valence-electron chi connectivity index (χ0n) is 19.1. The SMILES string of the molecule is Cc1cccc(C)c1C(C(N)=O)N1CCC(NCC(O)C2COc3cc(Cl)ccc3O2)CC1. The Kier molecular flexibility index (Phi) is 7.44. The van der Waals surface area contributed by atoms with E-state index in [-0.39, 0.29) is 18.6 Å². The van der Waals surface area contributed by atoms with E-state index in [4.69, 9.17) is 26.8 Å². The maximum atomic E-state index is 12.4. The van der Waals surface area contributed by atoms with Crippen LogP contribution in [0.25, 0.3) is 0 Å². The summed E-state index contributed by atoms with van der Waals surface area (Å²) in [7, 11) is 0.